The molecule has 1 aromatic heterocycles. The highest BCUT2D eigenvalue weighted by Gasteiger charge is 2.14. The third kappa shape index (κ3) is 5.16. The smallest absolute Gasteiger partial charge is 0.262 e. The number of nitrogens with one attached hydrogen (secondary N) is 2. The Labute approximate surface area is 181 Å². The Morgan fingerprint density at radius 3 is 2.45 bits per heavy atom. The van der Waals surface area contributed by atoms with Gasteiger partial charge in [-0.2, -0.15) is 4.37 Å². The van der Waals surface area contributed by atoms with Crippen LogP contribution in [0.15, 0.2) is 77.8 Å². The first-order chi connectivity index (χ1) is 14.9. The Kier molecular flexibility index (Phi) is 5.83. The van der Waals surface area contributed by atoms with Crippen LogP contribution in [0.3, 0.4) is 0 Å². The van der Waals surface area contributed by atoms with E-state index in [0.29, 0.717) is 11.4 Å². The van der Waals surface area contributed by atoms with Gasteiger partial charge in [0.25, 0.3) is 15.9 Å². The lowest BCUT2D eigenvalue weighted by atomic mass is 10.2. The third-order valence-corrected chi connectivity index (χ3v) is 6.41. The van der Waals surface area contributed by atoms with Gasteiger partial charge in [0.1, 0.15) is 11.6 Å². The molecule has 0 atom stereocenters. The largest absolute Gasteiger partial charge is 0.484 e. The molecule has 4 rings (SSSR count). The van der Waals surface area contributed by atoms with Crippen LogP contribution in [0.1, 0.15) is 0 Å². The molecule has 3 aromatic carbocycles. The second-order valence-corrected chi connectivity index (χ2v) is 9.01. The van der Waals surface area contributed by atoms with Gasteiger partial charge in [-0.3, -0.25) is 9.52 Å². The van der Waals surface area contributed by atoms with E-state index in [1.807, 2.05) is 12.1 Å². The zero-order valence-electron chi connectivity index (χ0n) is 15.9. The van der Waals surface area contributed by atoms with Crippen molar-refractivity contribution in [1.82, 2.24) is 4.37 Å². The van der Waals surface area contributed by atoms with Crippen molar-refractivity contribution in [3.8, 4) is 5.75 Å². The third-order valence-electron chi connectivity index (χ3n) is 4.24. The number of ether oxygens (including phenoxy) is 1. The number of halogens is 1. The SMILES string of the molecule is O=C(COc1ccc(S(=O)(=O)Nc2ccc(F)cc2)cc1)Nc1ccc2sncc2c1. The van der Waals surface area contributed by atoms with Crippen LogP contribution in [0.25, 0.3) is 10.1 Å². The maximum Gasteiger partial charge on any atom is 0.262 e. The van der Waals surface area contributed by atoms with Crippen LogP contribution in [-0.2, 0) is 14.8 Å². The Morgan fingerprint density at radius 1 is 1.00 bits per heavy atom. The molecule has 7 nitrogen and oxygen atoms in total. The molecule has 0 unspecified atom stereocenters. The van der Waals surface area contributed by atoms with Gasteiger partial charge >= 0.3 is 0 Å². The molecule has 0 bridgehead atoms. The fourth-order valence-electron chi connectivity index (χ4n) is 2.74. The molecule has 0 aliphatic rings. The Balaban J connectivity index is 1.34. The topological polar surface area (TPSA) is 97.4 Å². The van der Waals surface area contributed by atoms with Crippen LogP contribution in [0.5, 0.6) is 5.75 Å². The lowest BCUT2D eigenvalue weighted by molar-refractivity contribution is -0.118. The number of carbonyl (C=O) groups is 1. The van der Waals surface area contributed by atoms with Gasteiger partial charge in [0.05, 0.1) is 9.60 Å². The summed E-state index contributed by atoms with van der Waals surface area (Å²) in [6, 6.07) is 16.1. The van der Waals surface area contributed by atoms with Gasteiger partial charge < -0.3 is 10.1 Å². The molecule has 0 aliphatic heterocycles. The first kappa shape index (κ1) is 20.8. The molecule has 0 saturated heterocycles. The van der Waals surface area contributed by atoms with Crippen LogP contribution >= 0.6 is 11.5 Å². The molecule has 0 radical (unpaired) electrons. The van der Waals surface area contributed by atoms with E-state index in [9.17, 15) is 17.6 Å². The fourth-order valence-corrected chi connectivity index (χ4v) is 4.43. The van der Waals surface area contributed by atoms with Crippen LogP contribution in [-0.4, -0.2) is 25.3 Å². The summed E-state index contributed by atoms with van der Waals surface area (Å²) >= 11 is 1.38. The van der Waals surface area contributed by atoms with Crippen molar-refractivity contribution in [3.05, 3.63) is 78.7 Å². The molecule has 0 aliphatic carbocycles. The van der Waals surface area contributed by atoms with Gasteiger partial charge in [-0.1, -0.05) is 0 Å². The molecule has 2 N–H and O–H groups in total. The van der Waals surface area contributed by atoms with Gasteiger partial charge in [-0.05, 0) is 78.3 Å². The highest BCUT2D eigenvalue weighted by atomic mass is 32.2. The van der Waals surface area contributed by atoms with Crippen LogP contribution < -0.4 is 14.8 Å². The van der Waals surface area contributed by atoms with Crippen molar-refractivity contribution in [2.45, 2.75) is 4.90 Å². The average molecular weight is 458 g/mol. The van der Waals surface area contributed by atoms with Gasteiger partial charge in [0.2, 0.25) is 0 Å². The number of amides is 1. The fraction of sp³-hybridized carbons (Fsp3) is 0.0476. The molecule has 158 valence electrons. The predicted molar refractivity (Wildman–Crippen MR) is 117 cm³/mol. The van der Waals surface area contributed by atoms with Gasteiger partial charge in [0.15, 0.2) is 6.61 Å². The molecule has 0 fully saturated rings. The highest BCUT2D eigenvalue weighted by Crippen LogP contribution is 2.22. The summed E-state index contributed by atoms with van der Waals surface area (Å²) in [7, 11) is -3.84. The first-order valence-electron chi connectivity index (χ1n) is 9.05. The zero-order valence-corrected chi connectivity index (χ0v) is 17.5. The number of carbonyl (C=O) groups excluding carboxylic acids is 1. The number of hydrogen-bond donors (Lipinski definition) is 2. The quantitative estimate of drug-likeness (QED) is 0.432. The van der Waals surface area contributed by atoms with Gasteiger partial charge in [-0.25, -0.2) is 12.8 Å². The minimum Gasteiger partial charge on any atom is -0.484 e. The number of aromatic nitrogens is 1. The summed E-state index contributed by atoms with van der Waals surface area (Å²) in [6.07, 6.45) is 1.73. The lowest BCUT2D eigenvalue weighted by Crippen LogP contribution is -2.20. The van der Waals surface area contributed by atoms with Crippen LogP contribution in [0.2, 0.25) is 0 Å². The summed E-state index contributed by atoms with van der Waals surface area (Å²) in [5.74, 6) is -0.469. The molecular weight excluding hydrogens is 441 g/mol. The van der Waals surface area contributed by atoms with E-state index in [2.05, 4.69) is 14.4 Å². The Morgan fingerprint density at radius 2 is 1.71 bits per heavy atom. The molecule has 1 heterocycles. The molecule has 1 amide bonds. The molecule has 0 saturated carbocycles. The maximum atomic E-state index is 13.0. The number of hydrogen-bond acceptors (Lipinski definition) is 6. The normalized spacial score (nSPS) is 11.3. The van der Waals surface area contributed by atoms with Crippen molar-refractivity contribution in [3.63, 3.8) is 0 Å². The summed E-state index contributed by atoms with van der Waals surface area (Å²) < 4.78 is 50.7. The van der Waals surface area contributed by atoms with E-state index in [4.69, 9.17) is 4.74 Å². The van der Waals surface area contributed by atoms with Crippen molar-refractivity contribution in [2.75, 3.05) is 16.6 Å². The second kappa shape index (κ2) is 8.70. The highest BCUT2D eigenvalue weighted by molar-refractivity contribution is 7.92. The molecule has 31 heavy (non-hydrogen) atoms. The number of sulfonamides is 1. The standard InChI is InChI=1S/C21H16FN3O4S2/c22-15-1-3-16(4-2-15)25-31(27,28)19-8-6-18(7-9-19)29-13-21(26)24-17-5-10-20-14(11-17)12-23-30-20/h1-12,25H,13H2,(H,24,26). The van der Waals surface area contributed by atoms with E-state index in [1.54, 1.807) is 12.3 Å². The average Bonchev–Trinajstić information content (AvgIpc) is 3.22. The Bertz CT molecular complexity index is 1320. The molecular formula is C21H16FN3O4S2. The van der Waals surface area contributed by atoms with Crippen molar-refractivity contribution < 1.29 is 22.3 Å². The number of rotatable bonds is 7. The van der Waals surface area contributed by atoms with Crippen molar-refractivity contribution >= 4 is 48.9 Å². The number of benzene rings is 3. The molecule has 0 spiro atoms. The van der Waals surface area contributed by atoms with Crippen molar-refractivity contribution in [1.29, 1.82) is 0 Å². The van der Waals surface area contributed by atoms with Crippen LogP contribution in [0.4, 0.5) is 15.8 Å². The number of fused-ring (bicyclic) bond motifs is 1. The van der Waals surface area contributed by atoms with Crippen molar-refractivity contribution in [2.24, 2.45) is 0 Å². The van der Waals surface area contributed by atoms with Crippen LogP contribution in [0, 0.1) is 5.82 Å². The zero-order chi connectivity index (χ0) is 21.8. The van der Waals surface area contributed by atoms with E-state index < -0.39 is 15.8 Å². The lowest BCUT2D eigenvalue weighted by Gasteiger charge is -2.10. The number of nitrogens with zero attached hydrogens (tertiary/aromatic N) is 1. The minimum atomic E-state index is -3.84. The predicted octanol–water partition coefficient (Wildman–Crippen LogP) is 4.25. The minimum absolute atomic E-state index is 0.00583. The summed E-state index contributed by atoms with van der Waals surface area (Å²) in [5.41, 5.74) is 0.879. The van der Waals surface area contributed by atoms with Gasteiger partial charge in [-0.15, -0.1) is 0 Å². The molecule has 10 heteroatoms. The Hall–Kier alpha value is -3.50. The number of anilines is 2. The van der Waals surface area contributed by atoms with E-state index in [-0.39, 0.29) is 23.1 Å². The van der Waals surface area contributed by atoms with E-state index in [1.165, 1.54) is 47.9 Å². The molecule has 4 aromatic rings. The van der Waals surface area contributed by atoms with Gasteiger partial charge in [0, 0.05) is 23.0 Å². The summed E-state index contributed by atoms with van der Waals surface area (Å²) in [4.78, 5) is 12.1. The monoisotopic (exact) mass is 457 g/mol. The van der Waals surface area contributed by atoms with E-state index in [0.717, 1.165) is 22.2 Å². The summed E-state index contributed by atoms with van der Waals surface area (Å²) in [6.45, 7) is -0.236. The van der Waals surface area contributed by atoms with E-state index >= 15 is 0 Å². The first-order valence-corrected chi connectivity index (χ1v) is 11.3. The maximum absolute atomic E-state index is 13.0. The second-order valence-electron chi connectivity index (χ2n) is 6.50. The summed E-state index contributed by atoms with van der Waals surface area (Å²) in [5, 5.41) is 3.68.